The minimum absolute atomic E-state index is 0.493. The summed E-state index contributed by atoms with van der Waals surface area (Å²) in [5, 5.41) is 2.99. The maximum absolute atomic E-state index is 10.5. The predicted octanol–water partition coefficient (Wildman–Crippen LogP) is 0.0167. The number of nitrogens with zero attached hydrogens (tertiary/aromatic N) is 1. The van der Waals surface area contributed by atoms with Crippen molar-refractivity contribution in [1.82, 2.24) is 5.32 Å². The highest BCUT2D eigenvalue weighted by Gasteiger charge is 2.09. The predicted molar refractivity (Wildman–Crippen MR) is 33.8 cm³/mol. The molecule has 46 valence electrons. The van der Waals surface area contributed by atoms with Crippen LogP contribution in [0.2, 0.25) is 0 Å². The smallest absolute Gasteiger partial charge is 0.246 e. The van der Waals surface area contributed by atoms with Gasteiger partial charge >= 0.3 is 0 Å². The third-order valence-electron chi connectivity index (χ3n) is 0.947. The van der Waals surface area contributed by atoms with Gasteiger partial charge in [-0.2, -0.15) is 0 Å². The summed E-state index contributed by atoms with van der Waals surface area (Å²) >= 11 is 1.67. The van der Waals surface area contributed by atoms with Crippen molar-refractivity contribution in [3.05, 3.63) is 4.91 Å². The summed E-state index contributed by atoms with van der Waals surface area (Å²) in [6, 6.07) is 0. The fourth-order valence-corrected chi connectivity index (χ4v) is 1.27. The summed E-state index contributed by atoms with van der Waals surface area (Å²) in [5.74, 6) is 1.67. The Kier molecular flexibility index (Phi) is 2.29. The monoisotopic (exact) mass is 133 g/mol. The third kappa shape index (κ3) is 1.79. The van der Waals surface area contributed by atoms with Crippen LogP contribution in [0, 0.1) is 4.91 Å². The zero-order chi connectivity index (χ0) is 5.82. The Hall–Kier alpha value is -0.0900. The topological polar surface area (TPSA) is 32.1 Å². The maximum atomic E-state index is 10.5. The largest absolute Gasteiger partial charge is 0.258 e. The molecule has 0 radical (unpaired) electrons. The van der Waals surface area contributed by atoms with Crippen LogP contribution >= 0.6 is 11.8 Å². The van der Waals surface area contributed by atoms with Gasteiger partial charge in [-0.25, -0.2) is 0 Å². The molecule has 8 heavy (non-hydrogen) atoms. The van der Waals surface area contributed by atoms with Crippen molar-refractivity contribution in [2.75, 3.05) is 24.8 Å². The molecule has 4 heteroatoms. The standard InChI is InChI=1S/C4H9N2OS/c7-6-3-5-1-2-8-4-6/h5H,1-4H2/q+1. The van der Waals surface area contributed by atoms with Crippen molar-refractivity contribution in [2.45, 2.75) is 0 Å². The highest BCUT2D eigenvalue weighted by atomic mass is 32.2. The number of thioether (sulfide) groups is 1. The molecule has 0 atom stereocenters. The van der Waals surface area contributed by atoms with E-state index in [2.05, 4.69) is 5.32 Å². The van der Waals surface area contributed by atoms with Gasteiger partial charge in [-0.3, -0.25) is 5.32 Å². The van der Waals surface area contributed by atoms with Crippen molar-refractivity contribution in [3.8, 4) is 0 Å². The van der Waals surface area contributed by atoms with Crippen molar-refractivity contribution < 1.29 is 4.76 Å². The number of hydrogen-bond acceptors (Lipinski definition) is 3. The van der Waals surface area contributed by atoms with E-state index < -0.39 is 0 Å². The van der Waals surface area contributed by atoms with Crippen LogP contribution < -0.4 is 5.32 Å². The lowest BCUT2D eigenvalue weighted by atomic mass is 10.7. The molecular weight excluding hydrogens is 124 g/mol. The van der Waals surface area contributed by atoms with Crippen LogP contribution in [-0.2, 0) is 0 Å². The number of rotatable bonds is 0. The second-order valence-corrected chi connectivity index (χ2v) is 2.75. The van der Waals surface area contributed by atoms with Crippen molar-refractivity contribution in [1.29, 1.82) is 0 Å². The first-order chi connectivity index (χ1) is 3.89. The van der Waals surface area contributed by atoms with Gasteiger partial charge in [-0.15, -0.1) is 0 Å². The molecule has 0 amide bonds. The molecular formula is C4H9N2OS+. The molecule has 0 aromatic rings. The van der Waals surface area contributed by atoms with E-state index in [1.54, 1.807) is 11.8 Å². The summed E-state index contributed by atoms with van der Waals surface area (Å²) < 4.78 is 1.03. The van der Waals surface area contributed by atoms with E-state index in [1.807, 2.05) is 0 Å². The van der Waals surface area contributed by atoms with Crippen LogP contribution in [0.1, 0.15) is 0 Å². The van der Waals surface area contributed by atoms with Gasteiger partial charge in [-0.05, 0) is 0 Å². The molecule has 0 saturated carbocycles. The van der Waals surface area contributed by atoms with Crippen molar-refractivity contribution in [2.24, 2.45) is 0 Å². The van der Waals surface area contributed by atoms with Crippen LogP contribution in [0.4, 0.5) is 0 Å². The molecule has 1 aliphatic rings. The van der Waals surface area contributed by atoms with Crippen LogP contribution in [0.5, 0.6) is 0 Å². The van der Waals surface area contributed by atoms with Gasteiger partial charge in [0.1, 0.15) is 0 Å². The van der Waals surface area contributed by atoms with Crippen LogP contribution in [0.25, 0.3) is 0 Å². The van der Waals surface area contributed by atoms with Crippen LogP contribution in [-0.4, -0.2) is 29.6 Å². The zero-order valence-electron chi connectivity index (χ0n) is 4.59. The van der Waals surface area contributed by atoms with E-state index in [9.17, 15) is 4.91 Å². The molecule has 0 aromatic carbocycles. The quantitative estimate of drug-likeness (QED) is 0.473. The summed E-state index contributed by atoms with van der Waals surface area (Å²) in [6.07, 6.45) is 0. The van der Waals surface area contributed by atoms with Crippen LogP contribution in [0.3, 0.4) is 0 Å². The molecule has 0 unspecified atom stereocenters. The fourth-order valence-electron chi connectivity index (χ4n) is 0.560. The molecule has 0 aliphatic carbocycles. The summed E-state index contributed by atoms with van der Waals surface area (Å²) in [5.41, 5.74) is 0. The van der Waals surface area contributed by atoms with E-state index in [0.29, 0.717) is 12.5 Å². The Morgan fingerprint density at radius 2 is 2.50 bits per heavy atom. The van der Waals surface area contributed by atoms with E-state index in [1.165, 1.54) is 0 Å². The molecule has 1 N–H and O–H groups in total. The minimum atomic E-state index is 0.493. The molecule has 1 saturated heterocycles. The average molecular weight is 133 g/mol. The number of hydrogen-bond donors (Lipinski definition) is 1. The first kappa shape index (κ1) is 6.04. The van der Waals surface area contributed by atoms with Crippen LogP contribution in [0.15, 0.2) is 0 Å². The normalized spacial score (nSPS) is 22.8. The Labute approximate surface area is 52.4 Å². The molecule has 1 fully saturated rings. The Balaban J connectivity index is 2.27. The molecule has 0 bridgehead atoms. The highest BCUT2D eigenvalue weighted by Crippen LogP contribution is 1.99. The number of nitrogens with one attached hydrogen (secondary N) is 1. The molecule has 1 heterocycles. The van der Waals surface area contributed by atoms with Gasteiger partial charge in [0.2, 0.25) is 12.5 Å². The molecule has 1 aliphatic heterocycles. The van der Waals surface area contributed by atoms with E-state index >= 15 is 0 Å². The van der Waals surface area contributed by atoms with E-state index in [0.717, 1.165) is 17.1 Å². The first-order valence-electron chi connectivity index (χ1n) is 2.60. The summed E-state index contributed by atoms with van der Waals surface area (Å²) in [6.45, 7) is 1.45. The van der Waals surface area contributed by atoms with Crippen molar-refractivity contribution in [3.63, 3.8) is 0 Å². The second-order valence-electron chi connectivity index (χ2n) is 1.68. The molecule has 0 spiro atoms. The first-order valence-corrected chi connectivity index (χ1v) is 3.75. The van der Waals surface area contributed by atoms with Gasteiger partial charge in [-0.1, -0.05) is 11.8 Å². The Bertz CT molecular complexity index is 86.0. The molecule has 1 rings (SSSR count). The Morgan fingerprint density at radius 3 is 3.38 bits per heavy atom. The number of nitroso groups, excluding NO2 is 1. The van der Waals surface area contributed by atoms with Gasteiger partial charge in [0.25, 0.3) is 0 Å². The highest BCUT2D eigenvalue weighted by molar-refractivity contribution is 7.99. The lowest BCUT2D eigenvalue weighted by Gasteiger charge is -1.85. The van der Waals surface area contributed by atoms with Gasteiger partial charge in [0.05, 0.1) is 0 Å². The fraction of sp³-hybridized carbons (Fsp3) is 1.00. The van der Waals surface area contributed by atoms with Crippen molar-refractivity contribution >= 4 is 11.8 Å². The van der Waals surface area contributed by atoms with E-state index in [4.69, 9.17) is 0 Å². The lowest BCUT2D eigenvalue weighted by molar-refractivity contribution is -0.532. The average Bonchev–Trinajstić information content (AvgIpc) is 1.94. The minimum Gasteiger partial charge on any atom is -0.258 e. The summed E-state index contributed by atoms with van der Waals surface area (Å²) in [4.78, 5) is 10.5. The second kappa shape index (κ2) is 3.04. The maximum Gasteiger partial charge on any atom is 0.246 e. The summed E-state index contributed by atoms with van der Waals surface area (Å²) in [7, 11) is 0. The van der Waals surface area contributed by atoms with Gasteiger partial charge in [0, 0.05) is 22.0 Å². The molecule has 0 aromatic heterocycles. The zero-order valence-corrected chi connectivity index (χ0v) is 5.41. The van der Waals surface area contributed by atoms with E-state index in [-0.39, 0.29) is 0 Å². The van der Waals surface area contributed by atoms with Gasteiger partial charge < -0.3 is 0 Å². The SMILES string of the molecule is O=[N+]1CNCCSC1. The molecule has 3 nitrogen and oxygen atoms in total. The lowest BCUT2D eigenvalue weighted by Crippen LogP contribution is -2.22. The van der Waals surface area contributed by atoms with Gasteiger partial charge in [0.15, 0.2) is 0 Å². The third-order valence-corrected chi connectivity index (χ3v) is 1.91. The Morgan fingerprint density at radius 1 is 1.62 bits per heavy atom.